The summed E-state index contributed by atoms with van der Waals surface area (Å²) in [5.74, 6) is 1.09. The zero-order valence-electron chi connectivity index (χ0n) is 16.8. The van der Waals surface area contributed by atoms with Crippen LogP contribution in [0.5, 0.6) is 0 Å². The lowest BCUT2D eigenvalue weighted by molar-refractivity contribution is 0.606. The SMILES string of the molecule is CCNC(=NCc1ccccc1NS(C)(=O)=O)NCc1ccc(F)cc1CSC. The fourth-order valence-corrected chi connectivity index (χ4v) is 3.88. The van der Waals surface area contributed by atoms with Crippen molar-refractivity contribution in [3.63, 3.8) is 0 Å². The second kappa shape index (κ2) is 11.1. The smallest absolute Gasteiger partial charge is 0.229 e. The number of aliphatic imine (C=N–C) groups is 1. The summed E-state index contributed by atoms with van der Waals surface area (Å²) in [6, 6.07) is 11.9. The van der Waals surface area contributed by atoms with Crippen LogP contribution in [0.4, 0.5) is 10.1 Å². The monoisotopic (exact) mass is 438 g/mol. The van der Waals surface area contributed by atoms with Crippen molar-refractivity contribution >= 4 is 33.4 Å². The van der Waals surface area contributed by atoms with Crippen molar-refractivity contribution in [3.05, 3.63) is 65.0 Å². The molecular formula is C20H27FN4O2S2. The number of halogens is 1. The Balaban J connectivity index is 2.14. The molecule has 0 aromatic heterocycles. The lowest BCUT2D eigenvalue weighted by atomic mass is 10.1. The van der Waals surface area contributed by atoms with Gasteiger partial charge in [-0.1, -0.05) is 24.3 Å². The summed E-state index contributed by atoms with van der Waals surface area (Å²) in [5.41, 5.74) is 3.23. The van der Waals surface area contributed by atoms with Gasteiger partial charge in [-0.2, -0.15) is 11.8 Å². The Kier molecular flexibility index (Phi) is 8.78. The molecule has 0 heterocycles. The van der Waals surface area contributed by atoms with E-state index in [9.17, 15) is 12.8 Å². The molecule has 0 saturated heterocycles. The first kappa shape index (κ1) is 23.0. The first-order chi connectivity index (χ1) is 13.8. The van der Waals surface area contributed by atoms with Crippen LogP contribution in [0.25, 0.3) is 0 Å². The molecular weight excluding hydrogens is 411 g/mol. The van der Waals surface area contributed by atoms with Crippen molar-refractivity contribution in [2.75, 3.05) is 23.8 Å². The van der Waals surface area contributed by atoms with Gasteiger partial charge >= 0.3 is 0 Å². The molecule has 9 heteroatoms. The molecule has 3 N–H and O–H groups in total. The maximum absolute atomic E-state index is 13.5. The van der Waals surface area contributed by atoms with E-state index in [1.54, 1.807) is 36.0 Å². The average Bonchev–Trinajstić information content (AvgIpc) is 2.65. The highest BCUT2D eigenvalue weighted by atomic mass is 32.2. The van der Waals surface area contributed by atoms with Crippen molar-refractivity contribution < 1.29 is 12.8 Å². The Morgan fingerprint density at radius 2 is 1.86 bits per heavy atom. The second-order valence-corrected chi connectivity index (χ2v) is 9.04. The van der Waals surface area contributed by atoms with Gasteiger partial charge in [-0.25, -0.2) is 17.8 Å². The van der Waals surface area contributed by atoms with Gasteiger partial charge in [0.25, 0.3) is 0 Å². The molecule has 29 heavy (non-hydrogen) atoms. The predicted molar refractivity (Wildman–Crippen MR) is 120 cm³/mol. The van der Waals surface area contributed by atoms with Gasteiger partial charge in [0.1, 0.15) is 5.82 Å². The molecule has 6 nitrogen and oxygen atoms in total. The Labute approximate surface area is 176 Å². The summed E-state index contributed by atoms with van der Waals surface area (Å²) < 4.78 is 39.2. The van der Waals surface area contributed by atoms with Crippen LogP contribution in [0.1, 0.15) is 23.6 Å². The normalized spacial score (nSPS) is 11.9. The van der Waals surface area contributed by atoms with Gasteiger partial charge in [0.2, 0.25) is 10.0 Å². The Hall–Kier alpha value is -2.26. The van der Waals surface area contributed by atoms with E-state index in [0.717, 1.165) is 28.7 Å². The number of thioether (sulfide) groups is 1. The highest BCUT2D eigenvalue weighted by molar-refractivity contribution is 7.97. The highest BCUT2D eigenvalue weighted by Gasteiger charge is 2.08. The molecule has 0 aliphatic rings. The standard InChI is InChI=1S/C20H27FN4O2S2/c1-4-22-20(23-12-15-9-10-18(21)11-17(15)14-28-2)24-13-16-7-5-6-8-19(16)25-29(3,26)27/h5-11,25H,4,12-14H2,1-3H3,(H2,22,23,24). The molecule has 0 unspecified atom stereocenters. The molecule has 0 atom stereocenters. The zero-order valence-corrected chi connectivity index (χ0v) is 18.5. The summed E-state index contributed by atoms with van der Waals surface area (Å²) >= 11 is 1.64. The van der Waals surface area contributed by atoms with E-state index in [1.165, 1.54) is 6.07 Å². The van der Waals surface area contributed by atoms with E-state index in [4.69, 9.17) is 0 Å². The van der Waals surface area contributed by atoms with Crippen molar-refractivity contribution in [2.24, 2.45) is 4.99 Å². The average molecular weight is 439 g/mol. The number of hydrogen-bond donors (Lipinski definition) is 3. The molecule has 0 bridgehead atoms. The Bertz CT molecular complexity index is 949. The largest absolute Gasteiger partial charge is 0.357 e. The van der Waals surface area contributed by atoms with Crippen LogP contribution in [0.2, 0.25) is 0 Å². The molecule has 0 amide bonds. The third-order valence-corrected chi connectivity index (χ3v) is 5.17. The number of para-hydroxylation sites is 1. The lowest BCUT2D eigenvalue weighted by Gasteiger charge is -2.14. The maximum Gasteiger partial charge on any atom is 0.229 e. The zero-order chi connectivity index (χ0) is 21.3. The lowest BCUT2D eigenvalue weighted by Crippen LogP contribution is -2.37. The van der Waals surface area contributed by atoms with Gasteiger partial charge < -0.3 is 10.6 Å². The summed E-state index contributed by atoms with van der Waals surface area (Å²) in [4.78, 5) is 4.56. The van der Waals surface area contributed by atoms with Gasteiger partial charge in [0.05, 0.1) is 18.5 Å². The quantitative estimate of drug-likeness (QED) is 0.413. The number of hydrogen-bond acceptors (Lipinski definition) is 4. The van der Waals surface area contributed by atoms with Crippen LogP contribution < -0.4 is 15.4 Å². The minimum absolute atomic E-state index is 0.242. The molecule has 0 spiro atoms. The fraction of sp³-hybridized carbons (Fsp3) is 0.350. The summed E-state index contributed by atoms with van der Waals surface area (Å²) in [7, 11) is -3.37. The molecule has 2 aromatic carbocycles. The van der Waals surface area contributed by atoms with Crippen LogP contribution in [0.15, 0.2) is 47.5 Å². The van der Waals surface area contributed by atoms with Crippen molar-refractivity contribution in [3.8, 4) is 0 Å². The molecule has 0 aliphatic heterocycles. The van der Waals surface area contributed by atoms with E-state index >= 15 is 0 Å². The summed E-state index contributed by atoms with van der Waals surface area (Å²) in [5, 5.41) is 6.44. The summed E-state index contributed by atoms with van der Waals surface area (Å²) in [6.07, 6.45) is 3.10. The molecule has 0 aliphatic carbocycles. The van der Waals surface area contributed by atoms with E-state index in [0.29, 0.717) is 31.3 Å². The second-order valence-electron chi connectivity index (χ2n) is 6.43. The minimum Gasteiger partial charge on any atom is -0.357 e. The number of rotatable bonds is 9. The van der Waals surface area contributed by atoms with Gasteiger partial charge in [0, 0.05) is 18.8 Å². The van der Waals surface area contributed by atoms with E-state index in [-0.39, 0.29) is 5.82 Å². The molecule has 0 fully saturated rings. The maximum atomic E-state index is 13.5. The van der Waals surface area contributed by atoms with Crippen molar-refractivity contribution in [2.45, 2.75) is 25.8 Å². The minimum atomic E-state index is -3.37. The van der Waals surface area contributed by atoms with Crippen molar-refractivity contribution in [1.29, 1.82) is 0 Å². The number of nitrogens with one attached hydrogen (secondary N) is 3. The van der Waals surface area contributed by atoms with Crippen LogP contribution in [-0.4, -0.2) is 33.4 Å². The van der Waals surface area contributed by atoms with Gasteiger partial charge in [-0.3, -0.25) is 4.72 Å². The Morgan fingerprint density at radius 3 is 2.55 bits per heavy atom. The van der Waals surface area contributed by atoms with Gasteiger partial charge in [-0.05, 0) is 48.1 Å². The van der Waals surface area contributed by atoms with Crippen LogP contribution in [0.3, 0.4) is 0 Å². The molecule has 2 rings (SSSR count). The van der Waals surface area contributed by atoms with Crippen molar-refractivity contribution in [1.82, 2.24) is 10.6 Å². The molecule has 2 aromatic rings. The number of guanidine groups is 1. The number of sulfonamides is 1. The first-order valence-corrected chi connectivity index (χ1v) is 12.4. The van der Waals surface area contributed by atoms with Crippen LogP contribution in [0, 0.1) is 5.82 Å². The number of nitrogens with zero attached hydrogens (tertiary/aromatic N) is 1. The third kappa shape index (κ3) is 7.94. The number of benzene rings is 2. The van der Waals surface area contributed by atoms with E-state index in [2.05, 4.69) is 20.3 Å². The fourth-order valence-electron chi connectivity index (χ4n) is 2.70. The summed E-state index contributed by atoms with van der Waals surface area (Å²) in [6.45, 7) is 3.45. The Morgan fingerprint density at radius 1 is 1.10 bits per heavy atom. The molecule has 158 valence electrons. The first-order valence-electron chi connectivity index (χ1n) is 9.16. The van der Waals surface area contributed by atoms with Gasteiger partial charge in [0.15, 0.2) is 5.96 Å². The molecule has 0 radical (unpaired) electrons. The predicted octanol–water partition coefficient (Wildman–Crippen LogP) is 3.32. The topological polar surface area (TPSA) is 82.6 Å². The third-order valence-electron chi connectivity index (χ3n) is 3.98. The van der Waals surface area contributed by atoms with Crippen LogP contribution >= 0.6 is 11.8 Å². The molecule has 0 saturated carbocycles. The van der Waals surface area contributed by atoms with E-state index < -0.39 is 10.0 Å². The van der Waals surface area contributed by atoms with Crippen LogP contribution in [-0.2, 0) is 28.9 Å². The van der Waals surface area contributed by atoms with Gasteiger partial charge in [-0.15, -0.1) is 0 Å². The van der Waals surface area contributed by atoms with E-state index in [1.807, 2.05) is 25.3 Å². The number of anilines is 1. The highest BCUT2D eigenvalue weighted by Crippen LogP contribution is 2.18.